The lowest BCUT2D eigenvalue weighted by molar-refractivity contribution is 0.768. The van der Waals surface area contributed by atoms with Crippen molar-refractivity contribution in [2.24, 2.45) is 0 Å². The van der Waals surface area contributed by atoms with Crippen LogP contribution in [0.5, 0.6) is 0 Å². The molecule has 0 aromatic heterocycles. The highest BCUT2D eigenvalue weighted by atomic mass is 32.1. The van der Waals surface area contributed by atoms with Gasteiger partial charge in [0.15, 0.2) is 5.11 Å². The van der Waals surface area contributed by atoms with Crippen molar-refractivity contribution in [3.63, 3.8) is 0 Å². The highest BCUT2D eigenvalue weighted by Gasteiger charge is 2.15. The van der Waals surface area contributed by atoms with E-state index in [-0.39, 0.29) is 6.04 Å². The fraction of sp³-hybridized carbons (Fsp3) is 0.136. The van der Waals surface area contributed by atoms with E-state index >= 15 is 0 Å². The van der Waals surface area contributed by atoms with E-state index in [2.05, 4.69) is 66.9 Å². The molecule has 3 aromatic rings. The van der Waals surface area contributed by atoms with E-state index < -0.39 is 0 Å². The molecule has 0 spiro atoms. The molecule has 0 saturated heterocycles. The maximum Gasteiger partial charge on any atom is 0.171 e. The predicted molar refractivity (Wildman–Crippen MR) is 110 cm³/mol. The van der Waals surface area contributed by atoms with Gasteiger partial charge in [0.2, 0.25) is 0 Å². The van der Waals surface area contributed by atoms with Crippen molar-refractivity contribution in [2.75, 3.05) is 5.32 Å². The summed E-state index contributed by atoms with van der Waals surface area (Å²) >= 11 is 5.59. The molecule has 0 aliphatic rings. The van der Waals surface area contributed by atoms with Crippen LogP contribution in [0.2, 0.25) is 0 Å². The third kappa shape index (κ3) is 4.46. The van der Waals surface area contributed by atoms with Crippen LogP contribution in [0.4, 0.5) is 5.69 Å². The summed E-state index contributed by atoms with van der Waals surface area (Å²) in [6, 6.07) is 27.0. The zero-order chi connectivity index (χ0) is 17.6. The van der Waals surface area contributed by atoms with Crippen molar-refractivity contribution in [1.29, 1.82) is 0 Å². The quantitative estimate of drug-likeness (QED) is 0.620. The lowest BCUT2D eigenvalue weighted by atomic mass is 9.99. The first-order valence-electron chi connectivity index (χ1n) is 8.38. The Morgan fingerprint density at radius 3 is 1.92 bits per heavy atom. The summed E-state index contributed by atoms with van der Waals surface area (Å²) < 4.78 is 0. The number of benzene rings is 3. The molecule has 25 heavy (non-hydrogen) atoms. The Kier molecular flexibility index (Phi) is 5.46. The lowest BCUT2D eigenvalue weighted by Gasteiger charge is -2.22. The molecular formula is C22H22N2S. The minimum absolute atomic E-state index is 0.00696. The molecule has 0 aliphatic carbocycles. The molecular weight excluding hydrogens is 324 g/mol. The first-order chi connectivity index (χ1) is 12.1. The van der Waals surface area contributed by atoms with Gasteiger partial charge in [0, 0.05) is 5.69 Å². The summed E-state index contributed by atoms with van der Waals surface area (Å²) in [5, 5.41) is 7.42. The molecule has 3 rings (SSSR count). The van der Waals surface area contributed by atoms with Gasteiger partial charge in [0.05, 0.1) is 6.04 Å². The van der Waals surface area contributed by atoms with Gasteiger partial charge in [-0.15, -0.1) is 0 Å². The summed E-state index contributed by atoms with van der Waals surface area (Å²) in [5.41, 5.74) is 5.78. The number of aryl methyl sites for hydroxylation is 2. The third-order valence-corrected chi connectivity index (χ3v) is 4.40. The predicted octanol–water partition coefficient (Wildman–Crippen LogP) is 5.38. The fourth-order valence-corrected chi connectivity index (χ4v) is 3.04. The van der Waals surface area contributed by atoms with Gasteiger partial charge in [-0.25, -0.2) is 0 Å². The van der Waals surface area contributed by atoms with E-state index in [0.717, 1.165) is 5.69 Å². The summed E-state index contributed by atoms with van der Waals surface area (Å²) in [6.07, 6.45) is 0. The Morgan fingerprint density at radius 1 is 0.800 bits per heavy atom. The minimum Gasteiger partial charge on any atom is -0.352 e. The number of hydrogen-bond acceptors (Lipinski definition) is 1. The maximum atomic E-state index is 5.59. The molecule has 2 N–H and O–H groups in total. The van der Waals surface area contributed by atoms with E-state index in [0.29, 0.717) is 5.11 Å². The molecule has 0 radical (unpaired) electrons. The summed E-state index contributed by atoms with van der Waals surface area (Å²) in [4.78, 5) is 0. The highest BCUT2D eigenvalue weighted by Crippen LogP contribution is 2.22. The van der Waals surface area contributed by atoms with Crippen molar-refractivity contribution in [3.05, 3.63) is 101 Å². The van der Waals surface area contributed by atoms with Gasteiger partial charge in [0.25, 0.3) is 0 Å². The van der Waals surface area contributed by atoms with Gasteiger partial charge < -0.3 is 10.6 Å². The van der Waals surface area contributed by atoms with Crippen LogP contribution in [-0.4, -0.2) is 5.11 Å². The summed E-state index contributed by atoms with van der Waals surface area (Å²) in [7, 11) is 0. The Balaban J connectivity index is 1.83. The Labute approximate surface area is 154 Å². The molecule has 126 valence electrons. The second kappa shape index (κ2) is 7.95. The smallest absolute Gasteiger partial charge is 0.171 e. The second-order valence-corrected chi connectivity index (χ2v) is 6.58. The average molecular weight is 346 g/mol. The molecule has 0 bridgehead atoms. The summed E-state index contributed by atoms with van der Waals surface area (Å²) in [6.45, 7) is 4.16. The van der Waals surface area contributed by atoms with Gasteiger partial charge in [-0.2, -0.15) is 0 Å². The van der Waals surface area contributed by atoms with E-state index in [9.17, 15) is 0 Å². The summed E-state index contributed by atoms with van der Waals surface area (Å²) in [5.74, 6) is 0. The zero-order valence-corrected chi connectivity index (χ0v) is 15.3. The van der Waals surface area contributed by atoms with E-state index in [1.807, 2.05) is 36.4 Å². The highest BCUT2D eigenvalue weighted by molar-refractivity contribution is 7.80. The van der Waals surface area contributed by atoms with E-state index in [1.54, 1.807) is 0 Å². The molecule has 3 aromatic carbocycles. The largest absolute Gasteiger partial charge is 0.352 e. The molecule has 0 fully saturated rings. The fourth-order valence-electron chi connectivity index (χ4n) is 2.81. The topological polar surface area (TPSA) is 24.1 Å². The molecule has 2 nitrogen and oxygen atoms in total. The minimum atomic E-state index is 0.00696. The first kappa shape index (κ1) is 17.2. The number of thiocarbonyl (C=S) groups is 1. The van der Waals surface area contributed by atoms with Crippen LogP contribution in [0.25, 0.3) is 0 Å². The number of hydrogen-bond donors (Lipinski definition) is 2. The monoisotopic (exact) mass is 346 g/mol. The SMILES string of the molecule is Cc1ccc(C)c(NC(=S)NC(c2ccccc2)c2ccccc2)c1. The van der Waals surface area contributed by atoms with Crippen LogP contribution >= 0.6 is 12.2 Å². The maximum absolute atomic E-state index is 5.59. The molecule has 0 amide bonds. The molecule has 0 aliphatic heterocycles. The number of rotatable bonds is 4. The third-order valence-electron chi connectivity index (χ3n) is 4.18. The Bertz CT molecular complexity index is 805. The number of anilines is 1. The molecule has 0 heterocycles. The van der Waals surface area contributed by atoms with Gasteiger partial charge in [-0.3, -0.25) is 0 Å². The van der Waals surface area contributed by atoms with Gasteiger partial charge >= 0.3 is 0 Å². The first-order valence-corrected chi connectivity index (χ1v) is 8.79. The van der Waals surface area contributed by atoms with Crippen molar-refractivity contribution < 1.29 is 0 Å². The van der Waals surface area contributed by atoms with E-state index in [4.69, 9.17) is 12.2 Å². The van der Waals surface area contributed by atoms with Crippen molar-refractivity contribution >= 4 is 23.0 Å². The average Bonchev–Trinajstić information content (AvgIpc) is 2.64. The molecule has 0 saturated carbocycles. The standard InChI is InChI=1S/C22H22N2S/c1-16-13-14-17(2)20(15-16)23-22(25)24-21(18-9-5-3-6-10-18)19-11-7-4-8-12-19/h3-15,21H,1-2H3,(H2,23,24,25). The molecule has 3 heteroatoms. The van der Waals surface area contributed by atoms with Crippen LogP contribution in [0.15, 0.2) is 78.9 Å². The van der Waals surface area contributed by atoms with Gasteiger partial charge in [-0.05, 0) is 54.4 Å². The molecule has 0 unspecified atom stereocenters. The van der Waals surface area contributed by atoms with Gasteiger partial charge in [-0.1, -0.05) is 72.8 Å². The Morgan fingerprint density at radius 2 is 1.36 bits per heavy atom. The van der Waals surface area contributed by atoms with Crippen molar-refractivity contribution in [2.45, 2.75) is 19.9 Å². The Hall–Kier alpha value is -2.65. The van der Waals surface area contributed by atoms with Crippen LogP contribution in [0.1, 0.15) is 28.3 Å². The lowest BCUT2D eigenvalue weighted by Crippen LogP contribution is -2.33. The number of nitrogens with one attached hydrogen (secondary N) is 2. The second-order valence-electron chi connectivity index (χ2n) is 6.17. The zero-order valence-electron chi connectivity index (χ0n) is 14.5. The normalized spacial score (nSPS) is 10.5. The van der Waals surface area contributed by atoms with Gasteiger partial charge in [0.1, 0.15) is 0 Å². The van der Waals surface area contributed by atoms with Crippen LogP contribution < -0.4 is 10.6 Å². The van der Waals surface area contributed by atoms with Crippen LogP contribution in [0, 0.1) is 13.8 Å². The van der Waals surface area contributed by atoms with E-state index in [1.165, 1.54) is 22.3 Å². The van der Waals surface area contributed by atoms with Crippen LogP contribution in [-0.2, 0) is 0 Å². The van der Waals surface area contributed by atoms with Crippen molar-refractivity contribution in [1.82, 2.24) is 5.32 Å². The van der Waals surface area contributed by atoms with Crippen LogP contribution in [0.3, 0.4) is 0 Å². The molecule has 0 atom stereocenters. The van der Waals surface area contributed by atoms with Crippen molar-refractivity contribution in [3.8, 4) is 0 Å².